The van der Waals surface area contributed by atoms with Gasteiger partial charge in [0.2, 0.25) is 0 Å². The highest BCUT2D eigenvalue weighted by molar-refractivity contribution is 5.95. The number of rotatable bonds is 3. The number of carbonyl (C=O) groups is 1. The van der Waals surface area contributed by atoms with Gasteiger partial charge in [0.05, 0.1) is 20.8 Å². The Balaban J connectivity index is 2.31. The maximum absolute atomic E-state index is 11.3. The molecule has 0 amide bonds. The van der Waals surface area contributed by atoms with Gasteiger partial charge < -0.3 is 14.2 Å². The second kappa shape index (κ2) is 4.91. The van der Waals surface area contributed by atoms with Gasteiger partial charge in [-0.25, -0.2) is 4.79 Å². The highest BCUT2D eigenvalue weighted by atomic mass is 16.5. The van der Waals surface area contributed by atoms with Crippen LogP contribution in [0.2, 0.25) is 0 Å². The zero-order valence-electron chi connectivity index (χ0n) is 9.86. The quantitative estimate of drug-likeness (QED) is 0.593. The number of esters is 1. The van der Waals surface area contributed by atoms with E-state index in [-0.39, 0.29) is 5.97 Å². The van der Waals surface area contributed by atoms with Crippen LogP contribution >= 0.6 is 0 Å². The maximum Gasteiger partial charge on any atom is 0.334 e. The van der Waals surface area contributed by atoms with Crippen molar-refractivity contribution in [1.29, 1.82) is 0 Å². The number of hydrogen-bond donors (Lipinski definition) is 0. The van der Waals surface area contributed by atoms with Gasteiger partial charge >= 0.3 is 5.97 Å². The summed E-state index contributed by atoms with van der Waals surface area (Å²) in [6.45, 7) is 0.470. The average Bonchev–Trinajstić information content (AvgIpc) is 2.75. The molecule has 0 atom stereocenters. The molecule has 0 radical (unpaired) electrons. The lowest BCUT2D eigenvalue weighted by molar-refractivity contribution is -0.134. The summed E-state index contributed by atoms with van der Waals surface area (Å²) in [5, 5.41) is 0. The van der Waals surface area contributed by atoms with Crippen LogP contribution in [0.25, 0.3) is 6.08 Å². The number of hydrogen-bond acceptors (Lipinski definition) is 4. The Hall–Kier alpha value is -1.97. The van der Waals surface area contributed by atoms with Gasteiger partial charge in [0, 0.05) is 12.0 Å². The van der Waals surface area contributed by atoms with Crippen molar-refractivity contribution < 1.29 is 19.0 Å². The zero-order valence-corrected chi connectivity index (χ0v) is 9.86. The minimum atomic E-state index is -0.236. The molecule has 1 heterocycles. The summed E-state index contributed by atoms with van der Waals surface area (Å²) in [4.78, 5) is 11.3. The SMILES string of the molecule is COc1ccc(/C=C2/CCOC2=O)cc1OC. The molecule has 1 aromatic rings. The number of methoxy groups -OCH3 is 2. The van der Waals surface area contributed by atoms with E-state index in [2.05, 4.69) is 0 Å². The molecule has 90 valence electrons. The molecule has 0 saturated carbocycles. The third-order valence-electron chi connectivity index (χ3n) is 2.62. The molecule has 0 N–H and O–H groups in total. The molecule has 4 nitrogen and oxygen atoms in total. The fourth-order valence-electron chi connectivity index (χ4n) is 1.72. The van der Waals surface area contributed by atoms with Gasteiger partial charge in [0.1, 0.15) is 0 Å². The first kappa shape index (κ1) is 11.5. The second-order valence-electron chi connectivity index (χ2n) is 3.67. The number of carbonyl (C=O) groups excluding carboxylic acids is 1. The largest absolute Gasteiger partial charge is 0.493 e. The Kier molecular flexibility index (Phi) is 3.32. The molecular formula is C13H14O4. The van der Waals surface area contributed by atoms with E-state index < -0.39 is 0 Å². The highest BCUT2D eigenvalue weighted by Crippen LogP contribution is 2.29. The van der Waals surface area contributed by atoms with Crippen LogP contribution in [0.15, 0.2) is 23.8 Å². The van der Waals surface area contributed by atoms with Gasteiger partial charge in [0.25, 0.3) is 0 Å². The molecule has 0 aliphatic carbocycles. The fraction of sp³-hybridized carbons (Fsp3) is 0.308. The summed E-state index contributed by atoms with van der Waals surface area (Å²) in [7, 11) is 3.17. The summed E-state index contributed by atoms with van der Waals surface area (Å²) in [6, 6.07) is 5.52. The summed E-state index contributed by atoms with van der Waals surface area (Å²) in [6.07, 6.45) is 2.48. The van der Waals surface area contributed by atoms with Crippen LogP contribution in [-0.2, 0) is 9.53 Å². The van der Waals surface area contributed by atoms with Crippen LogP contribution in [0.4, 0.5) is 0 Å². The van der Waals surface area contributed by atoms with Crippen molar-refractivity contribution in [3.63, 3.8) is 0 Å². The van der Waals surface area contributed by atoms with Gasteiger partial charge in [-0.05, 0) is 23.8 Å². The molecule has 0 bridgehead atoms. The second-order valence-corrected chi connectivity index (χ2v) is 3.67. The van der Waals surface area contributed by atoms with Crippen molar-refractivity contribution in [2.45, 2.75) is 6.42 Å². The van der Waals surface area contributed by atoms with Crippen molar-refractivity contribution in [3.05, 3.63) is 29.3 Å². The monoisotopic (exact) mass is 234 g/mol. The van der Waals surface area contributed by atoms with E-state index in [0.717, 1.165) is 5.56 Å². The lowest BCUT2D eigenvalue weighted by Gasteiger charge is -2.07. The van der Waals surface area contributed by atoms with E-state index in [0.29, 0.717) is 30.1 Å². The van der Waals surface area contributed by atoms with Crippen molar-refractivity contribution in [2.75, 3.05) is 20.8 Å². The lowest BCUT2D eigenvalue weighted by atomic mass is 10.1. The summed E-state index contributed by atoms with van der Waals surface area (Å²) in [5.41, 5.74) is 1.59. The number of cyclic esters (lactones) is 1. The smallest absolute Gasteiger partial charge is 0.334 e. The summed E-state index contributed by atoms with van der Waals surface area (Å²) >= 11 is 0. The van der Waals surface area contributed by atoms with Gasteiger partial charge in [-0.15, -0.1) is 0 Å². The molecule has 1 aromatic carbocycles. The van der Waals surface area contributed by atoms with Crippen LogP contribution in [0.3, 0.4) is 0 Å². The van der Waals surface area contributed by atoms with Gasteiger partial charge in [-0.3, -0.25) is 0 Å². The summed E-state index contributed by atoms with van der Waals surface area (Å²) < 4.78 is 15.2. The summed E-state index contributed by atoms with van der Waals surface area (Å²) in [5.74, 6) is 1.08. The average molecular weight is 234 g/mol. The fourth-order valence-corrected chi connectivity index (χ4v) is 1.72. The molecule has 0 unspecified atom stereocenters. The standard InChI is InChI=1S/C13H14O4/c1-15-11-4-3-9(8-12(11)16-2)7-10-5-6-17-13(10)14/h3-4,7-8H,5-6H2,1-2H3/b10-7-. The minimum Gasteiger partial charge on any atom is -0.493 e. The van der Waals surface area contributed by atoms with Crippen molar-refractivity contribution in [2.24, 2.45) is 0 Å². The van der Waals surface area contributed by atoms with Gasteiger partial charge in [-0.1, -0.05) is 6.07 Å². The Bertz CT molecular complexity index is 462. The van der Waals surface area contributed by atoms with Crippen LogP contribution in [-0.4, -0.2) is 26.8 Å². The van der Waals surface area contributed by atoms with E-state index in [9.17, 15) is 4.79 Å². The lowest BCUT2D eigenvalue weighted by Crippen LogP contribution is -1.95. The highest BCUT2D eigenvalue weighted by Gasteiger charge is 2.18. The van der Waals surface area contributed by atoms with Crippen LogP contribution in [0, 0.1) is 0 Å². The number of ether oxygens (including phenoxy) is 3. The molecule has 1 fully saturated rings. The first-order chi connectivity index (χ1) is 8.24. The van der Waals surface area contributed by atoms with Crippen LogP contribution < -0.4 is 9.47 Å². The van der Waals surface area contributed by atoms with Gasteiger partial charge in [-0.2, -0.15) is 0 Å². The van der Waals surface area contributed by atoms with E-state index >= 15 is 0 Å². The van der Waals surface area contributed by atoms with Gasteiger partial charge in [0.15, 0.2) is 11.5 Å². The minimum absolute atomic E-state index is 0.236. The molecule has 4 heteroatoms. The maximum atomic E-state index is 11.3. The van der Waals surface area contributed by atoms with Crippen LogP contribution in [0.1, 0.15) is 12.0 Å². The Morgan fingerprint density at radius 1 is 1.24 bits per heavy atom. The van der Waals surface area contributed by atoms with E-state index in [1.54, 1.807) is 14.2 Å². The van der Waals surface area contributed by atoms with Crippen LogP contribution in [0.5, 0.6) is 11.5 Å². The van der Waals surface area contributed by atoms with E-state index in [1.165, 1.54) is 0 Å². The normalized spacial score (nSPS) is 17.1. The molecule has 0 spiro atoms. The van der Waals surface area contributed by atoms with E-state index in [1.807, 2.05) is 24.3 Å². The predicted molar refractivity (Wildman–Crippen MR) is 63.1 cm³/mol. The Morgan fingerprint density at radius 3 is 2.59 bits per heavy atom. The van der Waals surface area contributed by atoms with Crippen molar-refractivity contribution in [1.82, 2.24) is 0 Å². The first-order valence-corrected chi connectivity index (χ1v) is 5.34. The first-order valence-electron chi connectivity index (χ1n) is 5.34. The van der Waals surface area contributed by atoms with Crippen molar-refractivity contribution >= 4 is 12.0 Å². The van der Waals surface area contributed by atoms with E-state index in [4.69, 9.17) is 14.2 Å². The Labute approximate surface area is 99.8 Å². The predicted octanol–water partition coefficient (Wildman–Crippen LogP) is 2.03. The zero-order chi connectivity index (χ0) is 12.3. The van der Waals surface area contributed by atoms with Crippen molar-refractivity contribution in [3.8, 4) is 11.5 Å². The molecule has 1 aliphatic heterocycles. The molecule has 2 rings (SSSR count). The molecule has 17 heavy (non-hydrogen) atoms. The molecular weight excluding hydrogens is 220 g/mol. The molecule has 1 aliphatic rings. The third-order valence-corrected chi connectivity index (χ3v) is 2.62. The Morgan fingerprint density at radius 2 is 2.00 bits per heavy atom. The topological polar surface area (TPSA) is 44.8 Å². The molecule has 1 saturated heterocycles. The third kappa shape index (κ3) is 2.41. The number of benzene rings is 1. The molecule has 0 aromatic heterocycles.